The van der Waals surface area contributed by atoms with E-state index in [-0.39, 0.29) is 0 Å². The number of hydrogen-bond acceptors (Lipinski definition) is 0. The Kier molecular flexibility index (Phi) is 2.41. The van der Waals surface area contributed by atoms with Crippen LogP contribution < -0.4 is 0 Å². The highest BCUT2D eigenvalue weighted by Gasteiger charge is 2.12. The molecule has 16 heavy (non-hydrogen) atoms. The molecule has 0 aromatic heterocycles. The number of hydrogen-bond donors (Lipinski definition) is 0. The van der Waals surface area contributed by atoms with Gasteiger partial charge in [0, 0.05) is 4.47 Å². The van der Waals surface area contributed by atoms with E-state index in [1.807, 2.05) is 0 Å². The van der Waals surface area contributed by atoms with Crippen LogP contribution >= 0.6 is 15.9 Å². The fourth-order valence-electron chi connectivity index (χ4n) is 2.20. The van der Waals surface area contributed by atoms with Crippen molar-refractivity contribution in [3.05, 3.63) is 64.1 Å². The van der Waals surface area contributed by atoms with Crippen molar-refractivity contribution in [3.8, 4) is 11.1 Å². The van der Waals surface area contributed by atoms with Crippen LogP contribution in [0.3, 0.4) is 0 Å². The molecule has 0 unspecified atom stereocenters. The van der Waals surface area contributed by atoms with Gasteiger partial charge in [-0.3, -0.25) is 0 Å². The number of fused-ring (bicyclic) bond motifs is 1. The SMILES string of the molecule is Brc1cc2c(c(-c3ccccc3)c1)C=CC2. The lowest BCUT2D eigenvalue weighted by molar-refractivity contribution is 1.30. The fraction of sp³-hybridized carbons (Fsp3) is 0.0667. The van der Waals surface area contributed by atoms with E-state index >= 15 is 0 Å². The van der Waals surface area contributed by atoms with E-state index in [0.717, 1.165) is 10.9 Å². The summed E-state index contributed by atoms with van der Waals surface area (Å²) in [5.74, 6) is 0. The Morgan fingerprint density at radius 3 is 2.62 bits per heavy atom. The highest BCUT2D eigenvalue weighted by molar-refractivity contribution is 9.10. The molecule has 0 fully saturated rings. The molecule has 1 aliphatic rings. The topological polar surface area (TPSA) is 0 Å². The van der Waals surface area contributed by atoms with Gasteiger partial charge >= 0.3 is 0 Å². The zero-order valence-electron chi connectivity index (χ0n) is 8.78. The summed E-state index contributed by atoms with van der Waals surface area (Å²) in [6, 6.07) is 15.0. The number of halogens is 1. The quantitative estimate of drug-likeness (QED) is 0.706. The maximum absolute atomic E-state index is 3.59. The van der Waals surface area contributed by atoms with Crippen molar-refractivity contribution >= 4 is 22.0 Å². The van der Waals surface area contributed by atoms with E-state index in [2.05, 4.69) is 70.5 Å². The predicted octanol–water partition coefficient (Wildman–Crippen LogP) is 4.69. The van der Waals surface area contributed by atoms with Crippen LogP contribution in [0.4, 0.5) is 0 Å². The average Bonchev–Trinajstić information content (AvgIpc) is 2.77. The summed E-state index contributed by atoms with van der Waals surface area (Å²) in [5, 5.41) is 0. The van der Waals surface area contributed by atoms with Gasteiger partial charge in [0.15, 0.2) is 0 Å². The van der Waals surface area contributed by atoms with Gasteiger partial charge in [0.25, 0.3) is 0 Å². The second kappa shape index (κ2) is 3.91. The molecular weight excluding hydrogens is 260 g/mol. The summed E-state index contributed by atoms with van der Waals surface area (Å²) in [4.78, 5) is 0. The highest BCUT2D eigenvalue weighted by Crippen LogP contribution is 2.34. The largest absolute Gasteiger partial charge is 0.0795 e. The molecule has 1 heteroatoms. The Morgan fingerprint density at radius 2 is 1.81 bits per heavy atom. The minimum atomic E-state index is 1.05. The standard InChI is InChI=1S/C15H11Br/c16-13-9-12-7-4-8-14(12)15(10-13)11-5-2-1-3-6-11/h1-6,8-10H,7H2. The third kappa shape index (κ3) is 1.61. The molecule has 0 atom stereocenters. The van der Waals surface area contributed by atoms with Gasteiger partial charge in [0.2, 0.25) is 0 Å². The Morgan fingerprint density at radius 1 is 1.00 bits per heavy atom. The van der Waals surface area contributed by atoms with Crippen LogP contribution in [-0.2, 0) is 6.42 Å². The lowest BCUT2D eigenvalue weighted by Gasteiger charge is -2.09. The average molecular weight is 271 g/mol. The molecule has 0 nitrogen and oxygen atoms in total. The van der Waals surface area contributed by atoms with Gasteiger partial charge in [-0.05, 0) is 40.8 Å². The predicted molar refractivity (Wildman–Crippen MR) is 72.3 cm³/mol. The van der Waals surface area contributed by atoms with Crippen LogP contribution in [0.5, 0.6) is 0 Å². The van der Waals surface area contributed by atoms with Crippen molar-refractivity contribution in [1.82, 2.24) is 0 Å². The minimum absolute atomic E-state index is 1.05. The van der Waals surface area contributed by atoms with Gasteiger partial charge in [0.1, 0.15) is 0 Å². The van der Waals surface area contributed by atoms with Crippen molar-refractivity contribution in [3.63, 3.8) is 0 Å². The van der Waals surface area contributed by atoms with Crippen LogP contribution in [-0.4, -0.2) is 0 Å². The Labute approximate surface area is 104 Å². The molecule has 0 heterocycles. The molecule has 1 aliphatic carbocycles. The van der Waals surface area contributed by atoms with E-state index < -0.39 is 0 Å². The first-order valence-corrected chi connectivity index (χ1v) is 6.18. The summed E-state index contributed by atoms with van der Waals surface area (Å²) in [5.41, 5.74) is 5.38. The summed E-state index contributed by atoms with van der Waals surface area (Å²) in [6.07, 6.45) is 5.50. The molecular formula is C15H11Br. The Balaban J connectivity index is 2.25. The molecule has 78 valence electrons. The minimum Gasteiger partial charge on any atom is -0.0795 e. The van der Waals surface area contributed by atoms with Gasteiger partial charge in [0.05, 0.1) is 0 Å². The molecule has 0 saturated carbocycles. The molecule has 0 N–H and O–H groups in total. The van der Waals surface area contributed by atoms with Gasteiger partial charge in [-0.1, -0.05) is 58.4 Å². The lowest BCUT2D eigenvalue weighted by atomic mass is 9.97. The molecule has 0 radical (unpaired) electrons. The van der Waals surface area contributed by atoms with Crippen LogP contribution in [0.1, 0.15) is 11.1 Å². The van der Waals surface area contributed by atoms with Crippen LogP contribution in [0, 0.1) is 0 Å². The molecule has 0 spiro atoms. The van der Waals surface area contributed by atoms with Crippen molar-refractivity contribution in [2.24, 2.45) is 0 Å². The van der Waals surface area contributed by atoms with Crippen molar-refractivity contribution in [2.45, 2.75) is 6.42 Å². The van der Waals surface area contributed by atoms with E-state index in [0.29, 0.717) is 0 Å². The summed E-state index contributed by atoms with van der Waals surface area (Å²) < 4.78 is 1.16. The zero-order chi connectivity index (χ0) is 11.0. The van der Waals surface area contributed by atoms with E-state index in [1.54, 1.807) is 0 Å². The monoisotopic (exact) mass is 270 g/mol. The number of benzene rings is 2. The third-order valence-corrected chi connectivity index (χ3v) is 3.40. The van der Waals surface area contributed by atoms with E-state index in [9.17, 15) is 0 Å². The summed E-state index contributed by atoms with van der Waals surface area (Å²) in [6.45, 7) is 0. The second-order valence-corrected chi connectivity index (χ2v) is 4.91. The Hall–Kier alpha value is -1.34. The normalized spacial score (nSPS) is 12.8. The van der Waals surface area contributed by atoms with Gasteiger partial charge in [-0.25, -0.2) is 0 Å². The van der Waals surface area contributed by atoms with Gasteiger partial charge < -0.3 is 0 Å². The molecule has 0 aliphatic heterocycles. The smallest absolute Gasteiger partial charge is 0.0184 e. The van der Waals surface area contributed by atoms with Crippen molar-refractivity contribution in [2.75, 3.05) is 0 Å². The third-order valence-electron chi connectivity index (χ3n) is 2.94. The molecule has 3 rings (SSSR count). The number of allylic oxidation sites excluding steroid dienone is 1. The van der Waals surface area contributed by atoms with Crippen LogP contribution in [0.25, 0.3) is 17.2 Å². The summed E-state index contributed by atoms with van der Waals surface area (Å²) in [7, 11) is 0. The first kappa shape index (κ1) is 9.86. The molecule has 0 saturated heterocycles. The van der Waals surface area contributed by atoms with Gasteiger partial charge in [-0.15, -0.1) is 0 Å². The lowest BCUT2D eigenvalue weighted by Crippen LogP contribution is -1.87. The van der Waals surface area contributed by atoms with Crippen molar-refractivity contribution < 1.29 is 0 Å². The van der Waals surface area contributed by atoms with Crippen molar-refractivity contribution in [1.29, 1.82) is 0 Å². The van der Waals surface area contributed by atoms with Gasteiger partial charge in [-0.2, -0.15) is 0 Å². The molecule has 2 aromatic carbocycles. The first-order chi connectivity index (χ1) is 7.84. The maximum atomic E-state index is 3.59. The maximum Gasteiger partial charge on any atom is 0.0184 e. The Bertz CT molecular complexity index is 553. The number of rotatable bonds is 1. The van der Waals surface area contributed by atoms with E-state index in [4.69, 9.17) is 0 Å². The molecule has 2 aromatic rings. The van der Waals surface area contributed by atoms with Crippen LogP contribution in [0.2, 0.25) is 0 Å². The summed E-state index contributed by atoms with van der Waals surface area (Å²) >= 11 is 3.59. The second-order valence-electron chi connectivity index (χ2n) is 4.00. The first-order valence-electron chi connectivity index (χ1n) is 5.39. The van der Waals surface area contributed by atoms with E-state index in [1.165, 1.54) is 22.3 Å². The zero-order valence-corrected chi connectivity index (χ0v) is 10.4. The van der Waals surface area contributed by atoms with Crippen LogP contribution in [0.15, 0.2) is 53.0 Å². The molecule has 0 amide bonds. The highest BCUT2D eigenvalue weighted by atomic mass is 79.9. The molecule has 0 bridgehead atoms. The fourth-order valence-corrected chi connectivity index (χ4v) is 2.71.